The first-order valence-electron chi connectivity index (χ1n) is 9.32. The molecule has 3 rings (SSSR count). The summed E-state index contributed by atoms with van der Waals surface area (Å²) in [6.45, 7) is -1.06. The Balaban J connectivity index is 2.08. The van der Waals surface area contributed by atoms with E-state index in [1.807, 2.05) is 0 Å². The summed E-state index contributed by atoms with van der Waals surface area (Å²) < 4.78 is 11.5. The van der Waals surface area contributed by atoms with Crippen LogP contribution in [0, 0.1) is 0 Å². The summed E-state index contributed by atoms with van der Waals surface area (Å²) in [5.41, 5.74) is -0.953. The van der Waals surface area contributed by atoms with E-state index in [0.29, 0.717) is 11.4 Å². The Morgan fingerprint density at radius 2 is 1.72 bits per heavy atom. The van der Waals surface area contributed by atoms with E-state index in [2.05, 4.69) is 4.74 Å². The lowest BCUT2D eigenvalue weighted by Crippen LogP contribution is -2.44. The first kappa shape index (κ1) is 23.0. The van der Waals surface area contributed by atoms with Crippen LogP contribution in [0.2, 0.25) is 5.02 Å². The fraction of sp³-hybridized carbons (Fsp3) is 0.238. The van der Waals surface area contributed by atoms with E-state index in [1.54, 1.807) is 24.3 Å². The maximum absolute atomic E-state index is 13.1. The Hall–Kier alpha value is -3.63. The first-order valence-corrected chi connectivity index (χ1v) is 9.70. The number of para-hydroxylation sites is 1. The SMILES string of the molecule is COC(=O)Cn1c(=O)c2ccccc2n(CC(=O)N(OC)c2ccc(OC)c(Cl)c2)c1=O. The van der Waals surface area contributed by atoms with Crippen molar-refractivity contribution in [3.8, 4) is 5.75 Å². The van der Waals surface area contributed by atoms with Crippen LogP contribution in [0.15, 0.2) is 52.1 Å². The average Bonchev–Trinajstić information content (AvgIpc) is 2.80. The molecule has 0 saturated carbocycles. The molecule has 32 heavy (non-hydrogen) atoms. The van der Waals surface area contributed by atoms with Crippen LogP contribution in [0.25, 0.3) is 10.9 Å². The smallest absolute Gasteiger partial charge is 0.332 e. The van der Waals surface area contributed by atoms with E-state index in [0.717, 1.165) is 21.3 Å². The number of hydrogen-bond acceptors (Lipinski definition) is 7. The molecular weight excluding hydrogens is 442 g/mol. The second-order valence-corrected chi connectivity index (χ2v) is 6.95. The lowest BCUT2D eigenvalue weighted by atomic mass is 10.2. The Labute approximate surface area is 187 Å². The predicted molar refractivity (Wildman–Crippen MR) is 117 cm³/mol. The van der Waals surface area contributed by atoms with Crippen LogP contribution in [-0.4, -0.2) is 42.3 Å². The number of hydrogen-bond donors (Lipinski definition) is 0. The number of halogens is 1. The number of benzene rings is 2. The highest BCUT2D eigenvalue weighted by Gasteiger charge is 2.22. The van der Waals surface area contributed by atoms with Crippen molar-refractivity contribution in [1.29, 1.82) is 0 Å². The molecule has 0 aliphatic carbocycles. The van der Waals surface area contributed by atoms with E-state index >= 15 is 0 Å². The third-order valence-corrected chi connectivity index (χ3v) is 5.01. The van der Waals surface area contributed by atoms with Gasteiger partial charge in [0, 0.05) is 0 Å². The van der Waals surface area contributed by atoms with Gasteiger partial charge in [0.2, 0.25) is 0 Å². The number of fused-ring (bicyclic) bond motifs is 1. The number of carbonyl (C=O) groups is 2. The summed E-state index contributed by atoms with van der Waals surface area (Å²) in [5, 5.41) is 1.39. The van der Waals surface area contributed by atoms with Crippen LogP contribution in [0.1, 0.15) is 0 Å². The lowest BCUT2D eigenvalue weighted by molar-refractivity contribution is -0.141. The molecule has 11 heteroatoms. The minimum Gasteiger partial charge on any atom is -0.495 e. The van der Waals surface area contributed by atoms with Gasteiger partial charge in [-0.1, -0.05) is 23.7 Å². The van der Waals surface area contributed by atoms with Crippen LogP contribution in [0.5, 0.6) is 5.75 Å². The van der Waals surface area contributed by atoms with E-state index in [1.165, 1.54) is 32.4 Å². The van der Waals surface area contributed by atoms with Gasteiger partial charge in [0.25, 0.3) is 11.5 Å². The van der Waals surface area contributed by atoms with Crippen LogP contribution in [0.3, 0.4) is 0 Å². The van der Waals surface area contributed by atoms with Crippen molar-refractivity contribution in [2.24, 2.45) is 0 Å². The van der Waals surface area contributed by atoms with Gasteiger partial charge in [0.15, 0.2) is 0 Å². The van der Waals surface area contributed by atoms with Crippen molar-refractivity contribution < 1.29 is 23.9 Å². The van der Waals surface area contributed by atoms with Gasteiger partial charge in [-0.2, -0.15) is 5.06 Å². The minimum atomic E-state index is -0.837. The zero-order valence-corrected chi connectivity index (χ0v) is 18.3. The van der Waals surface area contributed by atoms with Gasteiger partial charge in [-0.25, -0.2) is 9.36 Å². The van der Waals surface area contributed by atoms with Crippen molar-refractivity contribution in [3.05, 3.63) is 68.3 Å². The highest BCUT2D eigenvalue weighted by Crippen LogP contribution is 2.29. The number of ether oxygens (including phenoxy) is 2. The van der Waals surface area contributed by atoms with Gasteiger partial charge < -0.3 is 9.47 Å². The summed E-state index contributed by atoms with van der Waals surface area (Å²) in [5.74, 6) is -0.982. The van der Waals surface area contributed by atoms with Gasteiger partial charge in [-0.05, 0) is 30.3 Å². The van der Waals surface area contributed by atoms with Gasteiger partial charge in [0.05, 0.1) is 42.9 Å². The maximum atomic E-state index is 13.1. The number of anilines is 1. The second kappa shape index (κ2) is 9.67. The van der Waals surface area contributed by atoms with Crippen molar-refractivity contribution in [1.82, 2.24) is 9.13 Å². The standard InChI is InChI=1S/C21H20ClN3O7/c1-30-17-9-8-13(10-15(17)22)25(32-3)18(26)11-23-16-7-5-4-6-14(16)20(28)24(21(23)29)12-19(27)31-2/h4-10H,11-12H2,1-3H3. The number of carbonyl (C=O) groups excluding carboxylic acids is 2. The fourth-order valence-corrected chi connectivity index (χ4v) is 3.44. The fourth-order valence-electron chi connectivity index (χ4n) is 3.19. The van der Waals surface area contributed by atoms with E-state index in [-0.39, 0.29) is 15.9 Å². The maximum Gasteiger partial charge on any atom is 0.332 e. The molecule has 0 aliphatic heterocycles. The monoisotopic (exact) mass is 461 g/mol. The molecule has 0 aliphatic rings. The third kappa shape index (κ3) is 4.36. The molecule has 0 N–H and O–H groups in total. The zero-order chi connectivity index (χ0) is 23.4. The molecule has 0 unspecified atom stereocenters. The number of aromatic nitrogens is 2. The third-order valence-electron chi connectivity index (χ3n) is 4.72. The largest absolute Gasteiger partial charge is 0.495 e. The molecule has 2 aromatic carbocycles. The molecule has 1 aromatic heterocycles. The molecule has 10 nitrogen and oxygen atoms in total. The Morgan fingerprint density at radius 3 is 2.34 bits per heavy atom. The summed E-state index contributed by atoms with van der Waals surface area (Å²) >= 11 is 6.14. The van der Waals surface area contributed by atoms with Crippen LogP contribution in [0.4, 0.5) is 5.69 Å². The Kier molecular flexibility index (Phi) is 6.96. The molecule has 1 amide bonds. The molecular formula is C21H20ClN3O7. The van der Waals surface area contributed by atoms with Gasteiger partial charge in [-0.15, -0.1) is 0 Å². The van der Waals surface area contributed by atoms with Crippen molar-refractivity contribution in [2.75, 3.05) is 26.4 Å². The molecule has 0 atom stereocenters. The molecule has 0 saturated heterocycles. The molecule has 168 valence electrons. The van der Waals surface area contributed by atoms with Crippen LogP contribution < -0.4 is 21.0 Å². The van der Waals surface area contributed by atoms with Crippen molar-refractivity contribution in [3.63, 3.8) is 0 Å². The number of rotatable bonds is 7. The van der Waals surface area contributed by atoms with E-state index in [9.17, 15) is 19.2 Å². The summed E-state index contributed by atoms with van der Waals surface area (Å²) in [4.78, 5) is 55.8. The van der Waals surface area contributed by atoms with Gasteiger partial charge in [0.1, 0.15) is 18.8 Å². The zero-order valence-electron chi connectivity index (χ0n) is 17.5. The first-order chi connectivity index (χ1) is 15.3. The minimum absolute atomic E-state index is 0.167. The highest BCUT2D eigenvalue weighted by molar-refractivity contribution is 6.32. The van der Waals surface area contributed by atoms with E-state index in [4.69, 9.17) is 21.2 Å². The quantitative estimate of drug-likeness (QED) is 0.388. The molecule has 0 fully saturated rings. The second-order valence-electron chi connectivity index (χ2n) is 6.54. The molecule has 1 heterocycles. The van der Waals surface area contributed by atoms with Crippen molar-refractivity contribution >= 4 is 40.1 Å². The Bertz CT molecular complexity index is 1300. The number of esters is 1. The lowest BCUT2D eigenvalue weighted by Gasteiger charge is -2.21. The topological polar surface area (TPSA) is 109 Å². The predicted octanol–water partition coefficient (Wildman–Crippen LogP) is 1.59. The number of amides is 1. The van der Waals surface area contributed by atoms with Crippen LogP contribution in [-0.2, 0) is 32.3 Å². The molecule has 3 aromatic rings. The molecule has 0 bridgehead atoms. The highest BCUT2D eigenvalue weighted by atomic mass is 35.5. The number of methoxy groups -OCH3 is 2. The summed E-state index contributed by atoms with van der Waals surface area (Å²) in [7, 11) is 3.89. The number of nitrogens with zero attached hydrogens (tertiary/aromatic N) is 3. The van der Waals surface area contributed by atoms with Gasteiger partial charge >= 0.3 is 11.7 Å². The molecule has 0 spiro atoms. The average molecular weight is 462 g/mol. The van der Waals surface area contributed by atoms with E-state index < -0.39 is 36.2 Å². The Morgan fingerprint density at radius 1 is 1.00 bits per heavy atom. The summed E-state index contributed by atoms with van der Waals surface area (Å²) in [6.07, 6.45) is 0. The van der Waals surface area contributed by atoms with Crippen LogP contribution >= 0.6 is 11.6 Å². The van der Waals surface area contributed by atoms with Crippen molar-refractivity contribution in [2.45, 2.75) is 13.1 Å². The molecule has 0 radical (unpaired) electrons. The number of hydroxylamine groups is 1. The normalized spacial score (nSPS) is 10.8. The summed E-state index contributed by atoms with van der Waals surface area (Å²) in [6, 6.07) is 10.9. The van der Waals surface area contributed by atoms with Gasteiger partial charge in [-0.3, -0.25) is 23.8 Å².